The van der Waals surface area contributed by atoms with E-state index in [2.05, 4.69) is 34.5 Å². The predicted molar refractivity (Wildman–Crippen MR) is 102 cm³/mol. The molecule has 0 radical (unpaired) electrons. The van der Waals surface area contributed by atoms with Gasteiger partial charge >= 0.3 is 0 Å². The molecule has 1 saturated heterocycles. The van der Waals surface area contributed by atoms with E-state index in [9.17, 15) is 4.79 Å². The average molecular weight is 355 g/mol. The maximum absolute atomic E-state index is 12.0. The van der Waals surface area contributed by atoms with Gasteiger partial charge in [0, 0.05) is 32.7 Å². The highest BCUT2D eigenvalue weighted by molar-refractivity contribution is 7.80. The lowest BCUT2D eigenvalue weighted by atomic mass is 10.2. The number of carbonyl (C=O) groups excluding carboxylic acids is 1. The maximum Gasteiger partial charge on any atom is 0.293 e. The lowest BCUT2D eigenvalue weighted by molar-refractivity contribution is 0.0943. The lowest BCUT2D eigenvalue weighted by Gasteiger charge is -2.35. The molecule has 3 rings (SSSR count). The van der Waals surface area contributed by atoms with E-state index in [4.69, 9.17) is 16.6 Å². The Morgan fingerprint density at radius 2 is 1.88 bits per heavy atom. The molecule has 0 bridgehead atoms. The Labute approximate surface area is 152 Å². The summed E-state index contributed by atoms with van der Waals surface area (Å²) in [4.78, 5) is 16.4. The van der Waals surface area contributed by atoms with Crippen molar-refractivity contribution in [1.82, 2.24) is 15.1 Å². The highest BCUT2D eigenvalue weighted by atomic mass is 32.1. The molecule has 2 aromatic rings. The van der Waals surface area contributed by atoms with Gasteiger partial charge in [0.1, 0.15) is 0 Å². The molecule has 1 aliphatic rings. The first-order valence-corrected chi connectivity index (χ1v) is 8.71. The Morgan fingerprint density at radius 3 is 2.56 bits per heavy atom. The SMILES string of the molecule is O=C(NC(=S)N1CCN(CC=Cc2ccccc2)CC1)c1ccco1. The normalized spacial score (nSPS) is 15.4. The van der Waals surface area contributed by atoms with E-state index < -0.39 is 0 Å². The zero-order valence-electron chi connectivity index (χ0n) is 13.9. The second kappa shape index (κ2) is 8.60. The minimum Gasteiger partial charge on any atom is -0.459 e. The average Bonchev–Trinajstić information content (AvgIpc) is 3.18. The number of carbonyl (C=O) groups is 1. The Morgan fingerprint density at radius 1 is 1.12 bits per heavy atom. The summed E-state index contributed by atoms with van der Waals surface area (Å²) in [6.07, 6.45) is 5.79. The zero-order valence-corrected chi connectivity index (χ0v) is 14.7. The van der Waals surface area contributed by atoms with E-state index in [1.807, 2.05) is 23.1 Å². The molecule has 6 heteroatoms. The topological polar surface area (TPSA) is 48.7 Å². The van der Waals surface area contributed by atoms with Crippen LogP contribution in [0.15, 0.2) is 59.2 Å². The number of nitrogens with one attached hydrogen (secondary N) is 1. The van der Waals surface area contributed by atoms with Crippen LogP contribution in [0.1, 0.15) is 16.1 Å². The molecule has 1 fully saturated rings. The largest absolute Gasteiger partial charge is 0.459 e. The van der Waals surface area contributed by atoms with Crippen LogP contribution in [0.3, 0.4) is 0 Å². The van der Waals surface area contributed by atoms with Gasteiger partial charge in [0.15, 0.2) is 10.9 Å². The fraction of sp³-hybridized carbons (Fsp3) is 0.263. The highest BCUT2D eigenvalue weighted by Crippen LogP contribution is 2.06. The van der Waals surface area contributed by atoms with Crippen LogP contribution < -0.4 is 5.32 Å². The molecule has 1 aliphatic heterocycles. The van der Waals surface area contributed by atoms with Gasteiger partial charge in [0.05, 0.1) is 6.26 Å². The maximum atomic E-state index is 12.0. The number of nitrogens with zero attached hydrogens (tertiary/aromatic N) is 2. The number of amides is 1. The van der Waals surface area contributed by atoms with Crippen molar-refractivity contribution in [1.29, 1.82) is 0 Å². The first-order valence-electron chi connectivity index (χ1n) is 8.30. The number of benzene rings is 1. The summed E-state index contributed by atoms with van der Waals surface area (Å²) in [7, 11) is 0. The molecule has 0 saturated carbocycles. The molecule has 0 spiro atoms. The Balaban J connectivity index is 1.41. The molecule has 0 aliphatic carbocycles. The molecular formula is C19H21N3O2S. The number of piperazine rings is 1. The third kappa shape index (κ3) is 5.01. The van der Waals surface area contributed by atoms with Crippen molar-refractivity contribution in [3.8, 4) is 0 Å². The monoisotopic (exact) mass is 355 g/mol. The van der Waals surface area contributed by atoms with Crippen LogP contribution >= 0.6 is 12.2 Å². The molecular weight excluding hydrogens is 334 g/mol. The molecule has 2 heterocycles. The summed E-state index contributed by atoms with van der Waals surface area (Å²) in [6.45, 7) is 4.34. The third-order valence-corrected chi connectivity index (χ3v) is 4.46. The Bertz CT molecular complexity index is 720. The highest BCUT2D eigenvalue weighted by Gasteiger charge is 2.20. The first-order chi connectivity index (χ1) is 12.2. The number of hydrogen-bond acceptors (Lipinski definition) is 4. The molecule has 130 valence electrons. The van der Waals surface area contributed by atoms with Crippen LogP contribution in [-0.4, -0.2) is 53.5 Å². The van der Waals surface area contributed by atoms with Gasteiger partial charge in [0.2, 0.25) is 0 Å². The van der Waals surface area contributed by atoms with Crippen LogP contribution in [0, 0.1) is 0 Å². The van der Waals surface area contributed by atoms with E-state index in [0.717, 1.165) is 32.7 Å². The predicted octanol–water partition coefficient (Wildman–Crippen LogP) is 2.63. The van der Waals surface area contributed by atoms with Crippen molar-refractivity contribution in [2.45, 2.75) is 0 Å². The lowest BCUT2D eigenvalue weighted by Crippen LogP contribution is -2.52. The standard InChI is InChI=1S/C19H21N3O2S/c23-18(17-9-5-15-24-17)20-19(25)22-13-11-21(12-14-22)10-4-8-16-6-2-1-3-7-16/h1-9,15H,10-14H2,(H,20,23,25). The van der Waals surface area contributed by atoms with Gasteiger partial charge in [-0.2, -0.15) is 0 Å². The number of hydrogen-bond donors (Lipinski definition) is 1. The van der Waals surface area contributed by atoms with E-state index in [-0.39, 0.29) is 11.7 Å². The van der Waals surface area contributed by atoms with Crippen molar-refractivity contribution < 1.29 is 9.21 Å². The fourth-order valence-electron chi connectivity index (χ4n) is 2.68. The van der Waals surface area contributed by atoms with Gasteiger partial charge in [-0.1, -0.05) is 42.5 Å². The van der Waals surface area contributed by atoms with Crippen LogP contribution in [0.4, 0.5) is 0 Å². The molecule has 1 aromatic carbocycles. The zero-order chi connectivity index (χ0) is 17.5. The summed E-state index contributed by atoms with van der Waals surface area (Å²) in [5, 5.41) is 3.18. The van der Waals surface area contributed by atoms with Gasteiger partial charge in [0.25, 0.3) is 5.91 Å². The van der Waals surface area contributed by atoms with Crippen molar-refractivity contribution in [2.75, 3.05) is 32.7 Å². The van der Waals surface area contributed by atoms with Crippen molar-refractivity contribution in [3.05, 3.63) is 66.1 Å². The van der Waals surface area contributed by atoms with Gasteiger partial charge in [-0.3, -0.25) is 15.0 Å². The number of rotatable bonds is 4. The van der Waals surface area contributed by atoms with E-state index >= 15 is 0 Å². The minimum atomic E-state index is -0.303. The van der Waals surface area contributed by atoms with Crippen LogP contribution in [0.25, 0.3) is 6.08 Å². The van der Waals surface area contributed by atoms with Gasteiger partial charge < -0.3 is 9.32 Å². The second-order valence-corrected chi connectivity index (χ2v) is 6.22. The molecule has 5 nitrogen and oxygen atoms in total. The second-order valence-electron chi connectivity index (χ2n) is 5.84. The summed E-state index contributed by atoms with van der Waals surface area (Å²) in [5.41, 5.74) is 1.21. The summed E-state index contributed by atoms with van der Waals surface area (Å²) in [5.74, 6) is -0.0322. The molecule has 0 atom stereocenters. The molecule has 25 heavy (non-hydrogen) atoms. The molecule has 1 aromatic heterocycles. The van der Waals surface area contributed by atoms with Crippen LogP contribution in [-0.2, 0) is 0 Å². The van der Waals surface area contributed by atoms with Crippen LogP contribution in [0.2, 0.25) is 0 Å². The van der Waals surface area contributed by atoms with Crippen molar-refractivity contribution >= 4 is 29.3 Å². The summed E-state index contributed by atoms with van der Waals surface area (Å²) >= 11 is 5.33. The fourth-order valence-corrected chi connectivity index (χ4v) is 2.96. The molecule has 1 N–H and O–H groups in total. The quantitative estimate of drug-likeness (QED) is 0.855. The van der Waals surface area contributed by atoms with Gasteiger partial charge in [-0.15, -0.1) is 0 Å². The van der Waals surface area contributed by atoms with Gasteiger partial charge in [-0.25, -0.2) is 0 Å². The van der Waals surface area contributed by atoms with Crippen molar-refractivity contribution in [2.24, 2.45) is 0 Å². The smallest absolute Gasteiger partial charge is 0.293 e. The van der Waals surface area contributed by atoms with Crippen LogP contribution in [0.5, 0.6) is 0 Å². The number of thiocarbonyl (C=S) groups is 1. The summed E-state index contributed by atoms with van der Waals surface area (Å²) in [6, 6.07) is 13.6. The first kappa shape index (κ1) is 17.4. The summed E-state index contributed by atoms with van der Waals surface area (Å²) < 4.78 is 5.08. The Hall–Kier alpha value is -2.44. The number of furan rings is 1. The Kier molecular flexibility index (Phi) is 5.98. The third-order valence-electron chi connectivity index (χ3n) is 4.10. The van der Waals surface area contributed by atoms with Crippen molar-refractivity contribution in [3.63, 3.8) is 0 Å². The molecule has 1 amide bonds. The van der Waals surface area contributed by atoms with E-state index in [1.165, 1.54) is 11.8 Å². The molecule has 0 unspecified atom stereocenters. The minimum absolute atomic E-state index is 0.270. The van der Waals surface area contributed by atoms with E-state index in [1.54, 1.807) is 12.1 Å². The van der Waals surface area contributed by atoms with E-state index in [0.29, 0.717) is 5.11 Å². The van der Waals surface area contributed by atoms with Gasteiger partial charge in [-0.05, 0) is 29.9 Å².